The molecule has 1 radical (unpaired) electrons. The number of allylic oxidation sites excluding steroid dienone is 3. The first-order valence-electron chi connectivity index (χ1n) is 2.87. The van der Waals surface area contributed by atoms with Crippen molar-refractivity contribution in [2.24, 2.45) is 0 Å². The van der Waals surface area contributed by atoms with Crippen LogP contribution in [-0.4, -0.2) is 0 Å². The average Bonchev–Trinajstić information content (AvgIpc) is 1.68. The summed E-state index contributed by atoms with van der Waals surface area (Å²) in [6.45, 7) is 9.41. The summed E-state index contributed by atoms with van der Waals surface area (Å²) >= 11 is 0. The van der Waals surface area contributed by atoms with E-state index in [1.54, 1.807) is 0 Å². The highest BCUT2D eigenvalue weighted by Crippen LogP contribution is 1.99. The molecule has 0 saturated heterocycles. The molecule has 0 nitrogen and oxygen atoms in total. The van der Waals surface area contributed by atoms with Crippen LogP contribution >= 0.6 is 0 Å². The van der Waals surface area contributed by atoms with Gasteiger partial charge in [0.2, 0.25) is 0 Å². The van der Waals surface area contributed by atoms with Crippen molar-refractivity contribution in [3.8, 4) is 0 Å². The fourth-order valence-electron chi connectivity index (χ4n) is 0.557. The topological polar surface area (TPSA) is 0 Å². The van der Waals surface area contributed by atoms with Gasteiger partial charge < -0.3 is 0 Å². The van der Waals surface area contributed by atoms with Crippen molar-refractivity contribution in [3.63, 3.8) is 0 Å². The fourth-order valence-corrected chi connectivity index (χ4v) is 0.557. The number of hydrogen-bond donors (Lipinski definition) is 0. The van der Waals surface area contributed by atoms with E-state index < -0.39 is 0 Å². The molecule has 45 valence electrons. The molecule has 0 aromatic heterocycles. The van der Waals surface area contributed by atoms with E-state index in [2.05, 4.69) is 26.5 Å². The van der Waals surface area contributed by atoms with Gasteiger partial charge in [-0.15, -0.1) is 6.58 Å². The van der Waals surface area contributed by atoms with Gasteiger partial charge in [0.05, 0.1) is 0 Å². The smallest absolute Gasteiger partial charge is 0.0144 e. The van der Waals surface area contributed by atoms with Crippen LogP contribution in [0.2, 0.25) is 0 Å². The molecule has 0 bridgehead atoms. The molecule has 0 N–H and O–H groups in total. The minimum Gasteiger partial charge on any atom is -0.103 e. The van der Waals surface area contributed by atoms with Crippen LogP contribution in [0.5, 0.6) is 0 Å². The summed E-state index contributed by atoms with van der Waals surface area (Å²) in [5.74, 6) is 0. The highest BCUT2D eigenvalue weighted by molar-refractivity contribution is 5.02. The maximum Gasteiger partial charge on any atom is -0.0144 e. The van der Waals surface area contributed by atoms with Crippen LogP contribution < -0.4 is 0 Å². The summed E-state index contributed by atoms with van der Waals surface area (Å²) < 4.78 is 0. The molecule has 0 aliphatic rings. The van der Waals surface area contributed by atoms with Gasteiger partial charge in [-0.3, -0.25) is 0 Å². The van der Waals surface area contributed by atoms with Crippen molar-refractivity contribution in [3.05, 3.63) is 31.2 Å². The molecule has 0 rings (SSSR count). The Bertz CT molecular complexity index is 88.2. The van der Waals surface area contributed by atoms with Crippen molar-refractivity contribution < 1.29 is 0 Å². The standard InChI is InChI=1S/C8H13/c1-4-6-8(3)7-5-2/h4,7H,1-2,5-6H2,3H3/b8-7+. The fraction of sp³-hybridized carbons (Fsp3) is 0.375. The van der Waals surface area contributed by atoms with Crippen LogP contribution in [0.1, 0.15) is 19.8 Å². The third-order valence-electron chi connectivity index (χ3n) is 0.959. The molecule has 0 heterocycles. The molecular formula is C8H13. The van der Waals surface area contributed by atoms with Crippen molar-refractivity contribution in [1.29, 1.82) is 0 Å². The third kappa shape index (κ3) is 3.66. The van der Waals surface area contributed by atoms with E-state index in [0.29, 0.717) is 0 Å². The summed E-state index contributed by atoms with van der Waals surface area (Å²) in [6, 6.07) is 0. The van der Waals surface area contributed by atoms with E-state index in [-0.39, 0.29) is 0 Å². The lowest BCUT2D eigenvalue weighted by molar-refractivity contribution is 1.17. The molecule has 0 amide bonds. The SMILES string of the molecule is [CH2]C/C=C(\C)CC=C. The van der Waals surface area contributed by atoms with E-state index in [9.17, 15) is 0 Å². The molecule has 0 aromatic rings. The van der Waals surface area contributed by atoms with Crippen LogP contribution in [-0.2, 0) is 0 Å². The van der Waals surface area contributed by atoms with Gasteiger partial charge in [-0.25, -0.2) is 0 Å². The molecule has 0 unspecified atom stereocenters. The summed E-state index contributed by atoms with van der Waals surface area (Å²) in [5, 5.41) is 0. The zero-order valence-corrected chi connectivity index (χ0v) is 5.48. The lowest BCUT2D eigenvalue weighted by atomic mass is 10.2. The monoisotopic (exact) mass is 109 g/mol. The van der Waals surface area contributed by atoms with Gasteiger partial charge in [-0.1, -0.05) is 17.7 Å². The lowest BCUT2D eigenvalue weighted by Crippen LogP contribution is -1.69. The van der Waals surface area contributed by atoms with Gasteiger partial charge in [-0.2, -0.15) is 0 Å². The Labute approximate surface area is 51.9 Å². The first kappa shape index (κ1) is 7.48. The Morgan fingerprint density at radius 3 is 2.62 bits per heavy atom. The summed E-state index contributed by atoms with van der Waals surface area (Å²) in [4.78, 5) is 0. The second-order valence-corrected chi connectivity index (χ2v) is 1.83. The van der Waals surface area contributed by atoms with E-state index in [1.807, 2.05) is 6.08 Å². The van der Waals surface area contributed by atoms with Crippen LogP contribution in [0, 0.1) is 6.92 Å². The Hall–Kier alpha value is -0.520. The molecule has 0 saturated carbocycles. The van der Waals surface area contributed by atoms with Gasteiger partial charge in [0.15, 0.2) is 0 Å². The van der Waals surface area contributed by atoms with E-state index in [4.69, 9.17) is 0 Å². The molecule has 0 fully saturated rings. The first-order valence-corrected chi connectivity index (χ1v) is 2.87. The third-order valence-corrected chi connectivity index (χ3v) is 0.959. The second-order valence-electron chi connectivity index (χ2n) is 1.83. The molecule has 0 aromatic carbocycles. The average molecular weight is 109 g/mol. The zero-order valence-electron chi connectivity index (χ0n) is 5.48. The molecule has 0 atom stereocenters. The van der Waals surface area contributed by atoms with Crippen molar-refractivity contribution in [2.45, 2.75) is 19.8 Å². The van der Waals surface area contributed by atoms with Gasteiger partial charge >= 0.3 is 0 Å². The maximum atomic E-state index is 3.70. The summed E-state index contributed by atoms with van der Waals surface area (Å²) in [5.41, 5.74) is 1.36. The molecule has 0 heteroatoms. The Balaban J connectivity index is 3.44. The van der Waals surface area contributed by atoms with Crippen molar-refractivity contribution >= 4 is 0 Å². The minimum absolute atomic E-state index is 0.889. The molecule has 0 spiro atoms. The highest BCUT2D eigenvalue weighted by atomic mass is 13.9. The summed E-state index contributed by atoms with van der Waals surface area (Å²) in [6.07, 6.45) is 5.90. The highest BCUT2D eigenvalue weighted by Gasteiger charge is 1.79. The Morgan fingerprint density at radius 2 is 2.25 bits per heavy atom. The minimum atomic E-state index is 0.889. The molecule has 0 aliphatic heterocycles. The lowest BCUT2D eigenvalue weighted by Gasteiger charge is -1.90. The maximum absolute atomic E-state index is 3.70. The predicted molar refractivity (Wildman–Crippen MR) is 38.5 cm³/mol. The Morgan fingerprint density at radius 1 is 1.62 bits per heavy atom. The Kier molecular flexibility index (Phi) is 4.33. The van der Waals surface area contributed by atoms with E-state index in [0.717, 1.165) is 12.8 Å². The normalized spacial score (nSPS) is 11.5. The van der Waals surface area contributed by atoms with Crippen LogP contribution in [0.4, 0.5) is 0 Å². The number of hydrogen-bond acceptors (Lipinski definition) is 0. The first-order chi connectivity index (χ1) is 3.81. The van der Waals surface area contributed by atoms with E-state index >= 15 is 0 Å². The molecule has 0 aliphatic carbocycles. The quantitative estimate of drug-likeness (QED) is 0.489. The van der Waals surface area contributed by atoms with Crippen molar-refractivity contribution in [2.75, 3.05) is 0 Å². The molecule has 8 heavy (non-hydrogen) atoms. The number of rotatable bonds is 3. The zero-order chi connectivity index (χ0) is 6.41. The van der Waals surface area contributed by atoms with Crippen molar-refractivity contribution in [1.82, 2.24) is 0 Å². The van der Waals surface area contributed by atoms with Crippen LogP contribution in [0.15, 0.2) is 24.3 Å². The second kappa shape index (κ2) is 4.63. The largest absolute Gasteiger partial charge is 0.103 e. The van der Waals surface area contributed by atoms with Gasteiger partial charge in [0, 0.05) is 0 Å². The summed E-state index contributed by atoms with van der Waals surface area (Å²) in [7, 11) is 0. The predicted octanol–water partition coefficient (Wildman–Crippen LogP) is 2.73. The van der Waals surface area contributed by atoms with Gasteiger partial charge in [-0.05, 0) is 26.7 Å². The van der Waals surface area contributed by atoms with Crippen LogP contribution in [0.25, 0.3) is 0 Å². The van der Waals surface area contributed by atoms with Gasteiger partial charge in [0.25, 0.3) is 0 Å². The molecular weight excluding hydrogens is 96.1 g/mol. The van der Waals surface area contributed by atoms with Gasteiger partial charge in [0.1, 0.15) is 0 Å². The van der Waals surface area contributed by atoms with Crippen LogP contribution in [0.3, 0.4) is 0 Å². The van der Waals surface area contributed by atoms with E-state index in [1.165, 1.54) is 5.57 Å².